The Balaban J connectivity index is 2.81. The van der Waals surface area contributed by atoms with Crippen LogP contribution in [-0.4, -0.2) is 52.8 Å². The summed E-state index contributed by atoms with van der Waals surface area (Å²) in [5.41, 5.74) is 16.8. The summed E-state index contributed by atoms with van der Waals surface area (Å²) in [6.07, 6.45) is -0.621. The highest BCUT2D eigenvalue weighted by molar-refractivity contribution is 5.92. The first kappa shape index (κ1) is 24.6. The van der Waals surface area contributed by atoms with Gasteiger partial charge in [-0.15, -0.1) is 0 Å². The minimum absolute atomic E-state index is 0.146. The van der Waals surface area contributed by atoms with E-state index >= 15 is 0 Å². The summed E-state index contributed by atoms with van der Waals surface area (Å²) < 4.78 is 0. The SMILES string of the molecule is NC(=O)CCC(NC(=O)C(CCC(N)=O)NC(=O)C(N)Cc1ccccc1)C(=O)O. The molecule has 0 aliphatic heterocycles. The molecule has 0 radical (unpaired) electrons. The van der Waals surface area contributed by atoms with E-state index in [-0.39, 0.29) is 32.1 Å². The monoisotopic (exact) mass is 421 g/mol. The third-order valence-electron chi connectivity index (χ3n) is 4.24. The van der Waals surface area contributed by atoms with Crippen LogP contribution in [0.3, 0.4) is 0 Å². The molecule has 9 N–H and O–H groups in total. The lowest BCUT2D eigenvalue weighted by atomic mass is 10.0. The smallest absolute Gasteiger partial charge is 0.326 e. The van der Waals surface area contributed by atoms with E-state index < -0.39 is 47.7 Å². The number of primary amides is 2. The fraction of sp³-hybridized carbons (Fsp3) is 0.421. The molecule has 0 aliphatic rings. The van der Waals surface area contributed by atoms with Gasteiger partial charge in [-0.1, -0.05) is 30.3 Å². The van der Waals surface area contributed by atoms with Crippen molar-refractivity contribution < 1.29 is 29.1 Å². The number of hydrogen-bond acceptors (Lipinski definition) is 6. The first-order valence-electron chi connectivity index (χ1n) is 9.29. The lowest BCUT2D eigenvalue weighted by Crippen LogP contribution is -2.55. The fourth-order valence-corrected chi connectivity index (χ4v) is 2.61. The van der Waals surface area contributed by atoms with Gasteiger partial charge in [0.2, 0.25) is 23.6 Å². The van der Waals surface area contributed by atoms with Gasteiger partial charge >= 0.3 is 5.97 Å². The zero-order valence-electron chi connectivity index (χ0n) is 16.4. The van der Waals surface area contributed by atoms with Crippen LogP contribution in [0.25, 0.3) is 0 Å². The van der Waals surface area contributed by atoms with Crippen LogP contribution in [0.2, 0.25) is 0 Å². The predicted octanol–water partition coefficient (Wildman–Crippen LogP) is -1.86. The Kier molecular flexibility index (Phi) is 9.97. The van der Waals surface area contributed by atoms with Crippen molar-refractivity contribution in [2.75, 3.05) is 0 Å². The van der Waals surface area contributed by atoms with Crippen LogP contribution in [-0.2, 0) is 30.4 Å². The fourth-order valence-electron chi connectivity index (χ4n) is 2.61. The zero-order chi connectivity index (χ0) is 22.7. The average molecular weight is 421 g/mol. The van der Waals surface area contributed by atoms with Crippen LogP contribution in [0.4, 0.5) is 0 Å². The van der Waals surface area contributed by atoms with Gasteiger partial charge in [-0.3, -0.25) is 19.2 Å². The van der Waals surface area contributed by atoms with Crippen LogP contribution in [0, 0.1) is 0 Å². The first-order chi connectivity index (χ1) is 14.1. The molecule has 11 heteroatoms. The molecule has 1 aromatic carbocycles. The van der Waals surface area contributed by atoms with Gasteiger partial charge in [-0.2, -0.15) is 0 Å². The van der Waals surface area contributed by atoms with Gasteiger partial charge in [0.15, 0.2) is 0 Å². The van der Waals surface area contributed by atoms with Crippen molar-refractivity contribution in [3.8, 4) is 0 Å². The van der Waals surface area contributed by atoms with Gasteiger partial charge in [0.05, 0.1) is 6.04 Å². The molecule has 30 heavy (non-hydrogen) atoms. The molecule has 4 amide bonds. The maximum Gasteiger partial charge on any atom is 0.326 e. The Morgan fingerprint density at radius 2 is 1.33 bits per heavy atom. The molecule has 3 unspecified atom stereocenters. The van der Waals surface area contributed by atoms with Gasteiger partial charge in [0.1, 0.15) is 12.1 Å². The van der Waals surface area contributed by atoms with Crippen molar-refractivity contribution in [1.82, 2.24) is 10.6 Å². The van der Waals surface area contributed by atoms with E-state index in [9.17, 15) is 29.1 Å². The number of nitrogens with one attached hydrogen (secondary N) is 2. The van der Waals surface area contributed by atoms with E-state index in [1.807, 2.05) is 6.07 Å². The molecule has 1 rings (SSSR count). The second-order valence-corrected chi connectivity index (χ2v) is 6.77. The Hall–Kier alpha value is -3.47. The number of carbonyl (C=O) groups excluding carboxylic acids is 4. The van der Waals surface area contributed by atoms with Gasteiger partial charge in [0, 0.05) is 12.8 Å². The number of rotatable bonds is 13. The maximum atomic E-state index is 12.5. The van der Waals surface area contributed by atoms with Crippen LogP contribution >= 0.6 is 0 Å². The largest absolute Gasteiger partial charge is 0.480 e. The number of carboxylic acids is 1. The van der Waals surface area contributed by atoms with Crippen molar-refractivity contribution in [3.05, 3.63) is 35.9 Å². The third-order valence-corrected chi connectivity index (χ3v) is 4.24. The van der Waals surface area contributed by atoms with Gasteiger partial charge < -0.3 is 32.9 Å². The maximum absolute atomic E-state index is 12.5. The van der Waals surface area contributed by atoms with Crippen LogP contribution < -0.4 is 27.8 Å². The van der Waals surface area contributed by atoms with Crippen molar-refractivity contribution in [2.45, 2.75) is 50.2 Å². The number of carbonyl (C=O) groups is 5. The van der Waals surface area contributed by atoms with Crippen LogP contribution in [0.1, 0.15) is 31.2 Å². The molecule has 0 heterocycles. The van der Waals surface area contributed by atoms with Crippen molar-refractivity contribution in [2.24, 2.45) is 17.2 Å². The van der Waals surface area contributed by atoms with Crippen molar-refractivity contribution in [1.29, 1.82) is 0 Å². The first-order valence-corrected chi connectivity index (χ1v) is 9.29. The Morgan fingerprint density at radius 3 is 1.83 bits per heavy atom. The summed E-state index contributed by atoms with van der Waals surface area (Å²) in [6, 6.07) is 5.39. The standard InChI is InChI=1S/C19H27N5O6/c20-12(10-11-4-2-1-3-5-11)17(27)23-13(6-8-15(21)25)18(28)24-14(19(29)30)7-9-16(22)26/h1-5,12-14H,6-10,20H2,(H2,21,25)(H2,22,26)(H,23,27)(H,24,28)(H,29,30). The van der Waals surface area contributed by atoms with E-state index in [1.54, 1.807) is 24.3 Å². The van der Waals surface area contributed by atoms with Gasteiger partial charge in [-0.25, -0.2) is 4.79 Å². The summed E-state index contributed by atoms with van der Waals surface area (Å²) in [5.74, 6) is -4.27. The van der Waals surface area contributed by atoms with Crippen LogP contribution in [0.15, 0.2) is 30.3 Å². The van der Waals surface area contributed by atoms with Crippen molar-refractivity contribution >= 4 is 29.6 Å². The van der Waals surface area contributed by atoms with Gasteiger partial charge in [0.25, 0.3) is 0 Å². The highest BCUT2D eigenvalue weighted by Gasteiger charge is 2.28. The highest BCUT2D eigenvalue weighted by atomic mass is 16.4. The average Bonchev–Trinajstić information content (AvgIpc) is 2.68. The lowest BCUT2D eigenvalue weighted by Gasteiger charge is -2.22. The lowest BCUT2D eigenvalue weighted by molar-refractivity contribution is -0.142. The number of carboxylic acid groups (broad SMARTS) is 1. The molecule has 0 bridgehead atoms. The molecule has 0 spiro atoms. The molecule has 0 saturated carbocycles. The van der Waals surface area contributed by atoms with Gasteiger partial charge in [-0.05, 0) is 24.8 Å². The summed E-state index contributed by atoms with van der Waals surface area (Å²) in [5, 5.41) is 13.9. The Morgan fingerprint density at radius 1 is 0.833 bits per heavy atom. The number of amides is 4. The summed E-state index contributed by atoms with van der Waals surface area (Å²) in [6.45, 7) is 0. The molecule has 3 atom stereocenters. The topological polar surface area (TPSA) is 208 Å². The Bertz CT molecular complexity index is 770. The van der Waals surface area contributed by atoms with Crippen LogP contribution in [0.5, 0.6) is 0 Å². The number of nitrogens with two attached hydrogens (primary N) is 3. The number of benzene rings is 1. The highest BCUT2D eigenvalue weighted by Crippen LogP contribution is 2.05. The van der Waals surface area contributed by atoms with E-state index in [1.165, 1.54) is 0 Å². The molecular weight excluding hydrogens is 394 g/mol. The summed E-state index contributed by atoms with van der Waals surface area (Å²) in [4.78, 5) is 58.3. The number of hydrogen-bond donors (Lipinski definition) is 6. The molecule has 0 aromatic heterocycles. The third kappa shape index (κ3) is 9.15. The normalized spacial score (nSPS) is 13.5. The van der Waals surface area contributed by atoms with E-state index in [4.69, 9.17) is 17.2 Å². The minimum Gasteiger partial charge on any atom is -0.480 e. The number of aliphatic carboxylic acids is 1. The summed E-state index contributed by atoms with van der Waals surface area (Å²) in [7, 11) is 0. The molecule has 164 valence electrons. The quantitative estimate of drug-likeness (QED) is 0.214. The second kappa shape index (κ2) is 12.2. The molecular formula is C19H27N5O6. The minimum atomic E-state index is -1.39. The molecule has 1 aromatic rings. The second-order valence-electron chi connectivity index (χ2n) is 6.77. The molecule has 0 saturated heterocycles. The van der Waals surface area contributed by atoms with E-state index in [2.05, 4.69) is 10.6 Å². The zero-order valence-corrected chi connectivity index (χ0v) is 16.4. The Labute approximate surface area is 173 Å². The molecule has 0 aliphatic carbocycles. The molecule has 0 fully saturated rings. The summed E-state index contributed by atoms with van der Waals surface area (Å²) >= 11 is 0. The molecule has 11 nitrogen and oxygen atoms in total. The predicted molar refractivity (Wildman–Crippen MR) is 106 cm³/mol. The van der Waals surface area contributed by atoms with E-state index in [0.29, 0.717) is 0 Å². The van der Waals surface area contributed by atoms with Crippen molar-refractivity contribution in [3.63, 3.8) is 0 Å². The van der Waals surface area contributed by atoms with E-state index in [0.717, 1.165) is 5.56 Å².